The first kappa shape index (κ1) is 17.9. The number of hydrogen-bond acceptors (Lipinski definition) is 5. The first-order valence-corrected chi connectivity index (χ1v) is 9.23. The zero-order valence-corrected chi connectivity index (χ0v) is 15.9. The van der Waals surface area contributed by atoms with E-state index in [1.54, 1.807) is 43.2 Å². The number of thiophene rings is 1. The molecule has 134 valence electrons. The summed E-state index contributed by atoms with van der Waals surface area (Å²) in [6, 6.07) is 3.35. The highest BCUT2D eigenvalue weighted by atomic mass is 35.5. The van der Waals surface area contributed by atoms with E-state index < -0.39 is 17.7 Å². The zero-order valence-electron chi connectivity index (χ0n) is 14.3. The van der Waals surface area contributed by atoms with Crippen LogP contribution in [0.5, 0.6) is 0 Å². The van der Waals surface area contributed by atoms with Crippen LogP contribution >= 0.6 is 22.9 Å². The normalized spacial score (nSPS) is 18.0. The SMILES string of the molecule is CC(C)(C)OC(=O)N[C@H]1CCN(Cc2cc3c(Cl)nccc3s2)C1=O. The molecular formula is C17H20ClN3O3S. The maximum Gasteiger partial charge on any atom is 0.408 e. The summed E-state index contributed by atoms with van der Waals surface area (Å²) in [4.78, 5) is 31.2. The van der Waals surface area contributed by atoms with E-state index in [-0.39, 0.29) is 5.91 Å². The Morgan fingerprint density at radius 3 is 2.96 bits per heavy atom. The minimum atomic E-state index is -0.587. The minimum Gasteiger partial charge on any atom is -0.444 e. The van der Waals surface area contributed by atoms with Crippen molar-refractivity contribution in [2.45, 2.75) is 45.4 Å². The molecule has 3 rings (SSSR count). The van der Waals surface area contributed by atoms with Gasteiger partial charge in [-0.15, -0.1) is 11.3 Å². The maximum atomic E-state index is 12.5. The van der Waals surface area contributed by atoms with E-state index in [1.165, 1.54) is 0 Å². The number of pyridine rings is 1. The number of ether oxygens (including phenoxy) is 1. The Balaban J connectivity index is 1.63. The summed E-state index contributed by atoms with van der Waals surface area (Å²) < 4.78 is 6.26. The molecule has 1 saturated heterocycles. The molecule has 1 fully saturated rings. The monoisotopic (exact) mass is 381 g/mol. The standard InChI is InChI=1S/C17H20ClN3O3S/c1-17(2,3)24-16(23)20-12-5-7-21(15(12)22)9-10-8-11-13(25-10)4-6-19-14(11)18/h4,6,8,12H,5,7,9H2,1-3H3,(H,20,23)/t12-/m0/s1. The van der Waals surface area contributed by atoms with Crippen LogP contribution in [0.3, 0.4) is 0 Å². The lowest BCUT2D eigenvalue weighted by molar-refractivity contribution is -0.129. The number of likely N-dealkylation sites (tertiary alicyclic amines) is 1. The summed E-state index contributed by atoms with van der Waals surface area (Å²) in [7, 11) is 0. The third kappa shape index (κ3) is 4.22. The van der Waals surface area contributed by atoms with Gasteiger partial charge in [-0.1, -0.05) is 11.6 Å². The largest absolute Gasteiger partial charge is 0.444 e. The average molecular weight is 382 g/mol. The molecule has 0 aromatic carbocycles. The van der Waals surface area contributed by atoms with Crippen molar-refractivity contribution >= 4 is 45.0 Å². The molecule has 0 bridgehead atoms. The second-order valence-corrected chi connectivity index (χ2v) is 8.50. The van der Waals surface area contributed by atoms with Gasteiger partial charge in [0.05, 0.1) is 6.54 Å². The number of nitrogens with one attached hydrogen (secondary N) is 1. The lowest BCUT2D eigenvalue weighted by Crippen LogP contribution is -2.43. The number of carbonyl (C=O) groups is 2. The minimum absolute atomic E-state index is 0.0902. The van der Waals surface area contributed by atoms with E-state index in [0.717, 1.165) is 15.0 Å². The molecule has 1 aliphatic heterocycles. The number of hydrogen-bond donors (Lipinski definition) is 1. The van der Waals surface area contributed by atoms with Gasteiger partial charge in [-0.05, 0) is 39.3 Å². The lowest BCUT2D eigenvalue weighted by atomic mass is 10.2. The number of amides is 2. The number of nitrogens with zero attached hydrogens (tertiary/aromatic N) is 2. The second-order valence-electron chi connectivity index (χ2n) is 6.97. The molecule has 6 nitrogen and oxygen atoms in total. The van der Waals surface area contributed by atoms with E-state index >= 15 is 0 Å². The van der Waals surface area contributed by atoms with Crippen LogP contribution < -0.4 is 5.32 Å². The molecule has 2 aromatic heterocycles. The fourth-order valence-electron chi connectivity index (χ4n) is 2.73. The number of rotatable bonds is 3. The summed E-state index contributed by atoms with van der Waals surface area (Å²) >= 11 is 7.70. The first-order valence-electron chi connectivity index (χ1n) is 8.04. The molecular weight excluding hydrogens is 362 g/mol. The molecule has 0 aliphatic carbocycles. The van der Waals surface area contributed by atoms with Crippen LogP contribution in [0.15, 0.2) is 18.3 Å². The van der Waals surface area contributed by atoms with Gasteiger partial charge in [0.1, 0.15) is 16.8 Å². The predicted octanol–water partition coefficient (Wildman–Crippen LogP) is 3.58. The van der Waals surface area contributed by atoms with Crippen molar-refractivity contribution in [3.8, 4) is 0 Å². The third-order valence-electron chi connectivity index (χ3n) is 3.78. The molecule has 1 N–H and O–H groups in total. The van der Waals surface area contributed by atoms with Gasteiger partial charge in [0.25, 0.3) is 0 Å². The molecule has 1 atom stereocenters. The first-order chi connectivity index (χ1) is 11.7. The molecule has 0 spiro atoms. The highest BCUT2D eigenvalue weighted by Crippen LogP contribution is 2.31. The third-order valence-corrected chi connectivity index (χ3v) is 5.17. The van der Waals surface area contributed by atoms with E-state index in [9.17, 15) is 9.59 Å². The topological polar surface area (TPSA) is 71.5 Å². The van der Waals surface area contributed by atoms with Gasteiger partial charge in [-0.2, -0.15) is 0 Å². The highest BCUT2D eigenvalue weighted by Gasteiger charge is 2.34. The fourth-order valence-corrected chi connectivity index (χ4v) is 4.07. The van der Waals surface area contributed by atoms with Gasteiger partial charge < -0.3 is 15.0 Å². The lowest BCUT2D eigenvalue weighted by Gasteiger charge is -2.21. The van der Waals surface area contributed by atoms with Gasteiger partial charge in [0.2, 0.25) is 5.91 Å². The average Bonchev–Trinajstić information content (AvgIpc) is 3.04. The molecule has 0 unspecified atom stereocenters. The van der Waals surface area contributed by atoms with Gasteiger partial charge in [0, 0.05) is 27.7 Å². The fraction of sp³-hybridized carbons (Fsp3) is 0.471. The van der Waals surface area contributed by atoms with Crippen molar-refractivity contribution in [2.24, 2.45) is 0 Å². The molecule has 2 aromatic rings. The van der Waals surface area contributed by atoms with Gasteiger partial charge in [-0.25, -0.2) is 9.78 Å². The molecule has 2 amide bonds. The van der Waals surface area contributed by atoms with Crippen LogP contribution in [0.4, 0.5) is 4.79 Å². The summed E-state index contributed by atoms with van der Waals surface area (Å²) in [5.74, 6) is -0.0902. The second kappa shape index (κ2) is 6.80. The number of halogens is 1. The Hall–Kier alpha value is -1.86. The van der Waals surface area contributed by atoms with Crippen molar-refractivity contribution in [2.75, 3.05) is 6.54 Å². The number of alkyl carbamates (subject to hydrolysis) is 1. The van der Waals surface area contributed by atoms with E-state index in [4.69, 9.17) is 16.3 Å². The Kier molecular flexibility index (Phi) is 4.88. The van der Waals surface area contributed by atoms with E-state index in [2.05, 4.69) is 10.3 Å². The summed E-state index contributed by atoms with van der Waals surface area (Å²) in [6.45, 7) is 6.46. The summed E-state index contributed by atoms with van der Waals surface area (Å²) in [5, 5.41) is 4.03. The van der Waals surface area contributed by atoms with Crippen LogP contribution in [-0.2, 0) is 16.1 Å². The van der Waals surface area contributed by atoms with Gasteiger partial charge in [0.15, 0.2) is 0 Å². The quantitative estimate of drug-likeness (QED) is 0.825. The maximum absolute atomic E-state index is 12.5. The summed E-state index contributed by atoms with van der Waals surface area (Å²) in [6.07, 6.45) is 1.69. The predicted molar refractivity (Wildman–Crippen MR) is 97.8 cm³/mol. The van der Waals surface area contributed by atoms with E-state index in [0.29, 0.717) is 24.7 Å². The Morgan fingerprint density at radius 1 is 1.52 bits per heavy atom. The Morgan fingerprint density at radius 2 is 2.28 bits per heavy atom. The number of carbonyl (C=O) groups excluding carboxylic acids is 2. The zero-order chi connectivity index (χ0) is 18.2. The van der Waals surface area contributed by atoms with Crippen LogP contribution in [0.2, 0.25) is 5.15 Å². The molecule has 3 heterocycles. The Bertz CT molecular complexity index is 815. The van der Waals surface area contributed by atoms with Crippen molar-refractivity contribution in [3.63, 3.8) is 0 Å². The molecule has 25 heavy (non-hydrogen) atoms. The van der Waals surface area contributed by atoms with Crippen molar-refractivity contribution in [3.05, 3.63) is 28.4 Å². The molecule has 0 radical (unpaired) electrons. The molecule has 8 heteroatoms. The van der Waals surface area contributed by atoms with Crippen LogP contribution in [0.1, 0.15) is 32.1 Å². The highest BCUT2D eigenvalue weighted by molar-refractivity contribution is 7.19. The van der Waals surface area contributed by atoms with E-state index in [1.807, 2.05) is 12.1 Å². The van der Waals surface area contributed by atoms with Crippen LogP contribution in [0, 0.1) is 0 Å². The van der Waals surface area contributed by atoms with Crippen molar-refractivity contribution in [1.82, 2.24) is 15.2 Å². The van der Waals surface area contributed by atoms with Crippen molar-refractivity contribution < 1.29 is 14.3 Å². The summed E-state index contributed by atoms with van der Waals surface area (Å²) in [5.41, 5.74) is -0.587. The van der Waals surface area contributed by atoms with Gasteiger partial charge >= 0.3 is 6.09 Å². The van der Waals surface area contributed by atoms with Gasteiger partial charge in [-0.3, -0.25) is 4.79 Å². The molecule has 0 saturated carbocycles. The number of fused-ring (bicyclic) bond motifs is 1. The molecule has 1 aliphatic rings. The Labute approximate surface area is 155 Å². The number of aromatic nitrogens is 1. The van der Waals surface area contributed by atoms with Crippen molar-refractivity contribution in [1.29, 1.82) is 0 Å². The van der Waals surface area contributed by atoms with Crippen LogP contribution in [0.25, 0.3) is 10.1 Å². The smallest absolute Gasteiger partial charge is 0.408 e. The van der Waals surface area contributed by atoms with Crippen LogP contribution in [-0.4, -0.2) is 40.1 Å².